The molecule has 2 unspecified atom stereocenters. The van der Waals surface area contributed by atoms with E-state index in [0.717, 1.165) is 85.2 Å². The number of fused-ring (bicyclic) bond motifs is 2. The van der Waals surface area contributed by atoms with Gasteiger partial charge in [0.25, 0.3) is 11.8 Å². The molecule has 7 heterocycles. The van der Waals surface area contributed by atoms with Gasteiger partial charge in [0.15, 0.2) is 5.65 Å². The van der Waals surface area contributed by atoms with E-state index in [4.69, 9.17) is 10.1 Å². The molecule has 2 atom stereocenters. The number of imidazole rings is 1. The maximum Gasteiger partial charge on any atom is 0.264 e. The van der Waals surface area contributed by atoms with Crippen molar-refractivity contribution in [3.8, 4) is 11.4 Å². The molecular weight excluding hydrogens is 806 g/mol. The van der Waals surface area contributed by atoms with Crippen LogP contribution in [0.2, 0.25) is 0 Å². The van der Waals surface area contributed by atoms with E-state index in [-0.39, 0.29) is 41.7 Å². The molecule has 0 bridgehead atoms. The Bertz CT molecular complexity index is 2490. The largest absolute Gasteiger partial charge is 0.384 e. The number of halogens is 1. The van der Waals surface area contributed by atoms with Gasteiger partial charge < -0.3 is 20.4 Å². The summed E-state index contributed by atoms with van der Waals surface area (Å²) >= 11 is 0. The SMILES string of the molecule is C=C/C(F)=C\C(=C/C)C1CCCN1c1ccc2ncc(-c3cccc(N4CCN(CC(=O)NCCCCCNc5cccc6c5C(=O)N(C5CCC(=O)NC5=O)C6=O)CC4)n3)n2n1. The lowest BCUT2D eigenvalue weighted by Crippen LogP contribution is -2.54. The molecule has 0 spiro atoms. The molecule has 17 heteroatoms. The summed E-state index contributed by atoms with van der Waals surface area (Å²) in [6, 6.07) is 13.9. The van der Waals surface area contributed by atoms with Crippen molar-refractivity contribution in [3.63, 3.8) is 0 Å². The van der Waals surface area contributed by atoms with Gasteiger partial charge in [-0.2, -0.15) is 0 Å². The molecule has 328 valence electrons. The maximum atomic E-state index is 14.2. The Balaban J connectivity index is 0.775. The Morgan fingerprint density at radius 3 is 2.54 bits per heavy atom. The summed E-state index contributed by atoms with van der Waals surface area (Å²) in [6.45, 7) is 10.6. The Morgan fingerprint density at radius 1 is 0.937 bits per heavy atom. The van der Waals surface area contributed by atoms with Crippen LogP contribution in [0, 0.1) is 0 Å². The number of unbranched alkanes of at least 4 members (excludes halogenated alkanes) is 2. The summed E-state index contributed by atoms with van der Waals surface area (Å²) < 4.78 is 16.0. The van der Waals surface area contributed by atoms with Crippen molar-refractivity contribution in [2.24, 2.45) is 0 Å². The molecule has 4 aliphatic rings. The van der Waals surface area contributed by atoms with Gasteiger partial charge in [-0.25, -0.2) is 18.9 Å². The first kappa shape index (κ1) is 42.9. The highest BCUT2D eigenvalue weighted by atomic mass is 19.1. The minimum atomic E-state index is -1.01. The molecule has 3 N–H and O–H groups in total. The average molecular weight is 858 g/mol. The van der Waals surface area contributed by atoms with Gasteiger partial charge in [-0.05, 0) is 99.6 Å². The van der Waals surface area contributed by atoms with Crippen LogP contribution in [0.25, 0.3) is 17.0 Å². The number of carbonyl (C=O) groups excluding carboxylic acids is 5. The number of nitrogens with one attached hydrogen (secondary N) is 3. The Kier molecular flexibility index (Phi) is 13.0. The zero-order valence-corrected chi connectivity index (χ0v) is 35.4. The van der Waals surface area contributed by atoms with Crippen molar-refractivity contribution in [2.75, 3.05) is 67.5 Å². The molecule has 0 aliphatic carbocycles. The molecule has 63 heavy (non-hydrogen) atoms. The van der Waals surface area contributed by atoms with E-state index in [1.165, 1.54) is 6.08 Å². The summed E-state index contributed by atoms with van der Waals surface area (Å²) in [5.74, 6) is -0.882. The highest BCUT2D eigenvalue weighted by Gasteiger charge is 2.45. The molecule has 0 radical (unpaired) electrons. The zero-order valence-electron chi connectivity index (χ0n) is 35.4. The first-order valence-corrected chi connectivity index (χ1v) is 21.7. The molecule has 1 aromatic carbocycles. The summed E-state index contributed by atoms with van der Waals surface area (Å²) in [5, 5.41) is 13.5. The van der Waals surface area contributed by atoms with Crippen LogP contribution in [-0.2, 0) is 14.4 Å². The molecule has 3 aromatic heterocycles. The highest BCUT2D eigenvalue weighted by Crippen LogP contribution is 2.33. The van der Waals surface area contributed by atoms with E-state index in [2.05, 4.69) is 42.2 Å². The number of amides is 5. The lowest BCUT2D eigenvalue weighted by Gasteiger charge is -2.35. The lowest BCUT2D eigenvalue weighted by atomic mass is 10.0. The predicted octanol–water partition coefficient (Wildman–Crippen LogP) is 4.67. The number of rotatable bonds is 16. The Morgan fingerprint density at radius 2 is 1.75 bits per heavy atom. The number of hydrogen-bond donors (Lipinski definition) is 3. The second-order valence-corrected chi connectivity index (χ2v) is 16.1. The van der Waals surface area contributed by atoms with Gasteiger partial charge in [0.1, 0.15) is 29.2 Å². The summed E-state index contributed by atoms with van der Waals surface area (Å²) in [5.41, 5.74) is 4.13. The van der Waals surface area contributed by atoms with Crippen LogP contribution < -0.4 is 25.8 Å². The van der Waals surface area contributed by atoms with Crippen molar-refractivity contribution in [1.29, 1.82) is 0 Å². The van der Waals surface area contributed by atoms with Crippen LogP contribution in [0.5, 0.6) is 0 Å². The fourth-order valence-electron chi connectivity index (χ4n) is 8.85. The smallest absolute Gasteiger partial charge is 0.264 e. The van der Waals surface area contributed by atoms with Crippen LogP contribution >= 0.6 is 0 Å². The third-order valence-corrected chi connectivity index (χ3v) is 12.1. The van der Waals surface area contributed by atoms with Crippen molar-refractivity contribution < 1.29 is 28.4 Å². The molecule has 8 rings (SSSR count). The second kappa shape index (κ2) is 19.1. The summed E-state index contributed by atoms with van der Waals surface area (Å²) in [4.78, 5) is 80.5. The van der Waals surface area contributed by atoms with Crippen LogP contribution in [-0.4, -0.2) is 123 Å². The lowest BCUT2D eigenvalue weighted by molar-refractivity contribution is -0.136. The predicted molar refractivity (Wildman–Crippen MR) is 237 cm³/mol. The van der Waals surface area contributed by atoms with Gasteiger partial charge in [-0.1, -0.05) is 24.8 Å². The monoisotopic (exact) mass is 857 g/mol. The maximum absolute atomic E-state index is 14.2. The van der Waals surface area contributed by atoms with Crippen LogP contribution in [0.3, 0.4) is 0 Å². The average Bonchev–Trinajstić information content (AvgIpc) is 4.02. The van der Waals surface area contributed by atoms with Crippen LogP contribution in [0.15, 0.2) is 90.9 Å². The van der Waals surface area contributed by atoms with Crippen LogP contribution in [0.4, 0.5) is 21.7 Å². The molecule has 3 fully saturated rings. The minimum absolute atomic E-state index is 0.00192. The summed E-state index contributed by atoms with van der Waals surface area (Å²) in [7, 11) is 0. The number of pyridine rings is 1. The van der Waals surface area contributed by atoms with Gasteiger partial charge >= 0.3 is 0 Å². The van der Waals surface area contributed by atoms with E-state index in [1.54, 1.807) is 30.5 Å². The number of piperidine rings is 1. The van der Waals surface area contributed by atoms with Crippen molar-refractivity contribution >= 4 is 52.5 Å². The van der Waals surface area contributed by atoms with E-state index >= 15 is 0 Å². The first-order chi connectivity index (χ1) is 30.6. The number of aromatic nitrogens is 4. The molecule has 4 aromatic rings. The molecule has 3 saturated heterocycles. The number of carbonyl (C=O) groups is 5. The molecule has 5 amide bonds. The number of allylic oxidation sites excluding steroid dienone is 3. The van der Waals surface area contributed by atoms with E-state index < -0.39 is 29.7 Å². The Labute approximate surface area is 364 Å². The fraction of sp³-hybridized carbons (Fsp3) is 0.391. The number of benzene rings is 1. The van der Waals surface area contributed by atoms with Gasteiger partial charge in [0, 0.05) is 57.9 Å². The zero-order chi connectivity index (χ0) is 44.0. The molecule has 16 nitrogen and oxygen atoms in total. The molecule has 4 aliphatic heterocycles. The molecular formula is C46H52FN11O5. The quantitative estimate of drug-likeness (QED) is 0.0808. The number of anilines is 3. The topological polar surface area (TPSA) is 177 Å². The third-order valence-electron chi connectivity index (χ3n) is 12.1. The number of piperazine rings is 1. The number of hydrogen-bond acceptors (Lipinski definition) is 12. The van der Waals surface area contributed by atoms with E-state index in [9.17, 15) is 28.4 Å². The van der Waals surface area contributed by atoms with Gasteiger partial charge in [-0.3, -0.25) is 39.1 Å². The van der Waals surface area contributed by atoms with Crippen LogP contribution in [0.1, 0.15) is 72.6 Å². The van der Waals surface area contributed by atoms with Crippen molar-refractivity contribution in [1.82, 2.24) is 40.0 Å². The second-order valence-electron chi connectivity index (χ2n) is 16.1. The van der Waals surface area contributed by atoms with E-state index in [0.29, 0.717) is 44.1 Å². The minimum Gasteiger partial charge on any atom is -0.384 e. The standard InChI is InChI=1S/C46H52FN11O5/c1-3-30(27-31(47)4-2)35-14-10-22-56(35)40-18-17-38-50-28-37(58(38)53-40)33-12-9-15-39(51-33)55-25-23-54(24-26-55)29-42(60)49-21-7-5-6-20-48-34-13-8-11-32-43(34)46(63)57(45(32)62)36-16-19-41(59)52-44(36)61/h3-4,8-9,11-13,15,17-18,27-28,35-36,48H,2,5-7,10,14,16,19-26,29H2,1H3,(H,49,60)(H,52,59,61)/b30-3+,31-27+. The number of nitrogens with zero attached hydrogens (tertiary/aromatic N) is 8. The van der Waals surface area contributed by atoms with Crippen molar-refractivity contribution in [3.05, 3.63) is 102 Å². The van der Waals surface area contributed by atoms with Gasteiger partial charge in [0.05, 0.1) is 35.6 Å². The summed E-state index contributed by atoms with van der Waals surface area (Å²) in [6.07, 6.45) is 10.9. The van der Waals surface area contributed by atoms with Gasteiger partial charge in [-0.15, -0.1) is 5.10 Å². The molecule has 0 saturated carbocycles. The van der Waals surface area contributed by atoms with Crippen molar-refractivity contribution in [2.45, 2.75) is 64.0 Å². The van der Waals surface area contributed by atoms with E-state index in [1.807, 2.05) is 47.8 Å². The van der Waals surface area contributed by atoms with Gasteiger partial charge in [0.2, 0.25) is 17.7 Å². The fourth-order valence-corrected chi connectivity index (χ4v) is 8.85. The number of imide groups is 2. The highest BCUT2D eigenvalue weighted by molar-refractivity contribution is 6.25. The Hall–Kier alpha value is -6.75. The third kappa shape index (κ3) is 9.23. The first-order valence-electron chi connectivity index (χ1n) is 21.7. The normalized spacial score (nSPS) is 19.8.